The average Bonchev–Trinajstić information content (AvgIpc) is 3.86. The second-order valence-electron chi connectivity index (χ2n) is 17.1. The Kier molecular flexibility index (Phi) is 16.0. The number of nitrogens with zero attached hydrogens (tertiary/aromatic N) is 5. The first-order valence-corrected chi connectivity index (χ1v) is 23.4. The number of hydrogen-bond acceptors (Lipinski definition) is 13. The van der Waals surface area contributed by atoms with E-state index in [2.05, 4.69) is 37.7 Å². The molecule has 5 heterocycles. The van der Waals surface area contributed by atoms with Crippen LogP contribution in [-0.2, 0) is 34.7 Å². The minimum absolute atomic E-state index is 0.0452. The molecule has 21 heteroatoms. The number of hydrogen-bond donors (Lipinski definition) is 3. The van der Waals surface area contributed by atoms with Gasteiger partial charge in [-0.2, -0.15) is 13.2 Å². The van der Waals surface area contributed by atoms with Crippen LogP contribution in [0.3, 0.4) is 0 Å². The number of aromatic nitrogens is 3. The maximum Gasteiger partial charge on any atom is 0.416 e. The van der Waals surface area contributed by atoms with E-state index in [4.69, 9.17) is 35.6 Å². The van der Waals surface area contributed by atoms with Crippen molar-refractivity contribution in [3.63, 3.8) is 0 Å². The summed E-state index contributed by atoms with van der Waals surface area (Å²) in [5.41, 5.74) is 2.26. The maximum absolute atomic E-state index is 13.4. The van der Waals surface area contributed by atoms with E-state index in [0.29, 0.717) is 74.4 Å². The van der Waals surface area contributed by atoms with Gasteiger partial charge in [0, 0.05) is 53.1 Å². The smallest absolute Gasteiger partial charge is 0.380 e. The average molecular weight is 999 g/mol. The number of ether oxygens (including phenoxy) is 4. The molecule has 3 aliphatic rings. The van der Waals surface area contributed by atoms with Gasteiger partial charge in [-0.15, -0.1) is 5.10 Å². The van der Waals surface area contributed by atoms with Crippen LogP contribution < -0.4 is 20.9 Å². The Balaban J connectivity index is 0.709. The molecule has 0 saturated carbocycles. The van der Waals surface area contributed by atoms with Crippen molar-refractivity contribution in [3.8, 4) is 11.8 Å². The lowest BCUT2D eigenvalue weighted by atomic mass is 10.0. The van der Waals surface area contributed by atoms with Gasteiger partial charge in [0.15, 0.2) is 5.65 Å². The van der Waals surface area contributed by atoms with E-state index in [1.165, 1.54) is 6.07 Å². The van der Waals surface area contributed by atoms with Crippen LogP contribution in [0, 0.1) is 18.8 Å². The number of piperidine rings is 2. The Bertz CT molecular complexity index is 2890. The summed E-state index contributed by atoms with van der Waals surface area (Å²) < 4.78 is 64.8. The van der Waals surface area contributed by atoms with Crippen LogP contribution in [-0.4, -0.2) is 127 Å². The standard InChI is InChI=1S/C50H50ClF3N8O9/c1-30(56-40-8-4-7-39-45(40)49(67)61(48(39)66)41-11-14-44(63)58-47(41)65)29-70-22-21-68-19-20-69-23-24-71-37-15-17-60(18-16-37)43-13-12-42-55-28-36(62(42)59-43)10-9-32-5-3-6-38(31(32)2)46(64)57-35-26-33(50(52,53)54)25-34(51)27-35/h3-8,12-13,25-28,30,37,41,56H,11,14-24,29H2,1-2H3,(H,57,64)(H,58,63,65). The number of nitrogens with one attached hydrogen (secondary N) is 3. The summed E-state index contributed by atoms with van der Waals surface area (Å²) in [6.45, 7) is 7.65. The van der Waals surface area contributed by atoms with E-state index in [0.717, 1.165) is 48.8 Å². The molecule has 17 nitrogen and oxygen atoms in total. The Labute approximate surface area is 411 Å². The number of imide groups is 2. The summed E-state index contributed by atoms with van der Waals surface area (Å²) in [4.78, 5) is 71.2. The van der Waals surface area contributed by atoms with Crippen LogP contribution in [0.4, 0.5) is 30.4 Å². The highest BCUT2D eigenvalue weighted by Crippen LogP contribution is 2.35. The first-order valence-electron chi connectivity index (χ1n) is 23.0. The molecule has 0 radical (unpaired) electrons. The van der Waals surface area contributed by atoms with Crippen LogP contribution in [0.2, 0.25) is 5.02 Å². The van der Waals surface area contributed by atoms with Gasteiger partial charge in [0.25, 0.3) is 17.7 Å². The zero-order chi connectivity index (χ0) is 50.2. The molecule has 2 unspecified atom stereocenters. The fourth-order valence-electron chi connectivity index (χ4n) is 8.46. The topological polar surface area (TPSA) is 195 Å². The number of fused-ring (bicyclic) bond motifs is 2. The highest BCUT2D eigenvalue weighted by atomic mass is 35.5. The number of carbonyl (C=O) groups excluding carboxylic acids is 5. The number of anilines is 3. The van der Waals surface area contributed by atoms with Crippen molar-refractivity contribution in [2.24, 2.45) is 0 Å². The Morgan fingerprint density at radius 3 is 2.38 bits per heavy atom. The molecule has 2 atom stereocenters. The van der Waals surface area contributed by atoms with Gasteiger partial charge < -0.3 is 34.5 Å². The lowest BCUT2D eigenvalue weighted by molar-refractivity contribution is -0.138. The van der Waals surface area contributed by atoms with Crippen LogP contribution in [0.25, 0.3) is 5.65 Å². The molecule has 0 bridgehead atoms. The van der Waals surface area contributed by atoms with Crippen molar-refractivity contribution in [2.45, 2.75) is 63.9 Å². The molecule has 3 N–H and O–H groups in total. The molecule has 3 aliphatic heterocycles. The second kappa shape index (κ2) is 22.5. The van der Waals surface area contributed by atoms with E-state index < -0.39 is 47.3 Å². The molecular weight excluding hydrogens is 949 g/mol. The van der Waals surface area contributed by atoms with E-state index in [1.807, 2.05) is 19.1 Å². The summed E-state index contributed by atoms with van der Waals surface area (Å²) in [7, 11) is 0. The molecule has 8 rings (SSSR count). The van der Waals surface area contributed by atoms with Gasteiger partial charge in [-0.3, -0.25) is 34.2 Å². The van der Waals surface area contributed by atoms with Crippen molar-refractivity contribution in [2.75, 3.05) is 74.9 Å². The summed E-state index contributed by atoms with van der Waals surface area (Å²) in [6.07, 6.45) is -1.22. The number of carbonyl (C=O) groups is 5. The van der Waals surface area contributed by atoms with Gasteiger partial charge in [-0.25, -0.2) is 9.50 Å². The molecule has 5 aromatic rings. The highest BCUT2D eigenvalue weighted by Gasteiger charge is 2.45. The van der Waals surface area contributed by atoms with E-state index in [-0.39, 0.29) is 52.4 Å². The maximum atomic E-state index is 13.4. The zero-order valence-corrected chi connectivity index (χ0v) is 39.5. The highest BCUT2D eigenvalue weighted by molar-refractivity contribution is 6.31. The first-order chi connectivity index (χ1) is 34.1. The van der Waals surface area contributed by atoms with Crippen LogP contribution in [0.15, 0.2) is 72.9 Å². The van der Waals surface area contributed by atoms with Gasteiger partial charge >= 0.3 is 6.18 Å². The third-order valence-corrected chi connectivity index (χ3v) is 12.3. The van der Waals surface area contributed by atoms with Gasteiger partial charge in [-0.05, 0) is 99.2 Å². The van der Waals surface area contributed by atoms with Crippen LogP contribution in [0.1, 0.15) is 86.1 Å². The Hall–Kier alpha value is -6.89. The SMILES string of the molecule is Cc1c(C#Cc2cnc3ccc(N4CCC(OCCOCCOCCOCC(C)Nc5cccc6c5C(=O)N(C5CCC(=O)NC5=O)C6=O)CC4)nn23)cccc1C(=O)Nc1cc(Cl)cc(C(F)(F)F)c1. The molecule has 5 amide bonds. The van der Waals surface area contributed by atoms with Crippen LogP contribution >= 0.6 is 11.6 Å². The van der Waals surface area contributed by atoms with Gasteiger partial charge in [0.05, 0.1) is 75.2 Å². The first kappa shape index (κ1) is 50.5. The fraction of sp³-hybridized carbons (Fsp3) is 0.380. The Morgan fingerprint density at radius 2 is 1.63 bits per heavy atom. The number of benzene rings is 3. The molecular formula is C50H50ClF3N8O9. The molecule has 2 fully saturated rings. The predicted octanol–water partition coefficient (Wildman–Crippen LogP) is 6.30. The fourth-order valence-corrected chi connectivity index (χ4v) is 8.69. The third kappa shape index (κ3) is 12.2. The molecule has 0 spiro atoms. The van der Waals surface area contributed by atoms with Gasteiger partial charge in [0.2, 0.25) is 11.8 Å². The lowest BCUT2D eigenvalue weighted by Crippen LogP contribution is -2.54. The summed E-state index contributed by atoms with van der Waals surface area (Å²) in [5.74, 6) is 4.12. The quantitative estimate of drug-likeness (QED) is 0.0504. The monoisotopic (exact) mass is 998 g/mol. The molecule has 71 heavy (non-hydrogen) atoms. The normalized spacial score (nSPS) is 16.7. The van der Waals surface area contributed by atoms with E-state index in [1.54, 1.807) is 54.0 Å². The predicted molar refractivity (Wildman–Crippen MR) is 254 cm³/mol. The third-order valence-electron chi connectivity index (χ3n) is 12.1. The number of rotatable bonds is 18. The number of amides is 5. The largest absolute Gasteiger partial charge is 0.416 e. The van der Waals surface area contributed by atoms with Crippen molar-refractivity contribution < 1.29 is 56.1 Å². The van der Waals surface area contributed by atoms with Gasteiger partial charge in [0.1, 0.15) is 17.6 Å². The Morgan fingerprint density at radius 1 is 0.901 bits per heavy atom. The van der Waals surface area contributed by atoms with E-state index in [9.17, 15) is 37.1 Å². The minimum atomic E-state index is -4.63. The zero-order valence-electron chi connectivity index (χ0n) is 38.8. The van der Waals surface area contributed by atoms with E-state index >= 15 is 0 Å². The van der Waals surface area contributed by atoms with Gasteiger partial charge in [-0.1, -0.05) is 29.7 Å². The lowest BCUT2D eigenvalue weighted by Gasteiger charge is -2.32. The summed E-state index contributed by atoms with van der Waals surface area (Å²) >= 11 is 5.90. The van der Waals surface area contributed by atoms with Crippen molar-refractivity contribution >= 4 is 64.0 Å². The number of halogens is 4. The molecule has 2 saturated heterocycles. The minimum Gasteiger partial charge on any atom is -0.380 e. The molecule has 0 aliphatic carbocycles. The molecule has 372 valence electrons. The second-order valence-corrected chi connectivity index (χ2v) is 17.5. The summed E-state index contributed by atoms with van der Waals surface area (Å²) in [5, 5.41) is 12.6. The molecule has 2 aromatic heterocycles. The van der Waals surface area contributed by atoms with Crippen molar-refractivity contribution in [3.05, 3.63) is 117 Å². The number of imidazole rings is 1. The number of alkyl halides is 3. The van der Waals surface area contributed by atoms with Crippen LogP contribution in [0.5, 0.6) is 0 Å². The molecule has 3 aromatic carbocycles. The van der Waals surface area contributed by atoms with Crippen molar-refractivity contribution in [1.82, 2.24) is 24.8 Å². The van der Waals surface area contributed by atoms with Crippen molar-refractivity contribution in [1.29, 1.82) is 0 Å². The summed E-state index contributed by atoms with van der Waals surface area (Å²) in [6, 6.07) is 15.3.